The van der Waals surface area contributed by atoms with Crippen LogP contribution in [0.1, 0.15) is 29.9 Å². The second-order valence-electron chi connectivity index (χ2n) is 4.27. The van der Waals surface area contributed by atoms with Crippen molar-refractivity contribution in [3.63, 3.8) is 0 Å². The van der Waals surface area contributed by atoms with Crippen LogP contribution in [-0.2, 0) is 0 Å². The van der Waals surface area contributed by atoms with E-state index in [1.807, 2.05) is 39.1 Å². The third-order valence-corrected chi connectivity index (χ3v) is 3.57. The highest BCUT2D eigenvalue weighted by Gasteiger charge is 2.20. The van der Waals surface area contributed by atoms with Gasteiger partial charge in [0.1, 0.15) is 11.5 Å². The Kier molecular flexibility index (Phi) is 4.66. The lowest BCUT2D eigenvalue weighted by Crippen LogP contribution is -2.19. The molecular formula is C15H18BrNO2. The molecule has 0 spiro atoms. The Hall–Kier alpha value is -1.26. The van der Waals surface area contributed by atoms with Crippen molar-refractivity contribution in [3.05, 3.63) is 51.9 Å². The number of ether oxygens (including phenoxy) is 1. The SMILES string of the molecule is CCOc1ccc(Br)cc1C(NC)c1ccoc1C. The monoisotopic (exact) mass is 323 g/mol. The molecule has 1 aromatic heterocycles. The van der Waals surface area contributed by atoms with Crippen LogP contribution >= 0.6 is 15.9 Å². The van der Waals surface area contributed by atoms with Gasteiger partial charge in [-0.15, -0.1) is 0 Å². The maximum absolute atomic E-state index is 5.72. The Balaban J connectivity index is 2.48. The van der Waals surface area contributed by atoms with Crippen LogP contribution < -0.4 is 10.1 Å². The predicted molar refractivity (Wildman–Crippen MR) is 79.7 cm³/mol. The Morgan fingerprint density at radius 1 is 1.32 bits per heavy atom. The van der Waals surface area contributed by atoms with Gasteiger partial charge < -0.3 is 14.5 Å². The molecule has 1 atom stereocenters. The summed E-state index contributed by atoms with van der Waals surface area (Å²) in [4.78, 5) is 0. The van der Waals surface area contributed by atoms with E-state index in [-0.39, 0.29) is 6.04 Å². The second-order valence-corrected chi connectivity index (χ2v) is 5.18. The summed E-state index contributed by atoms with van der Waals surface area (Å²) >= 11 is 3.52. The van der Waals surface area contributed by atoms with Gasteiger partial charge in [0.05, 0.1) is 18.9 Å². The molecule has 0 aliphatic heterocycles. The molecular weight excluding hydrogens is 306 g/mol. The van der Waals surface area contributed by atoms with Gasteiger partial charge in [-0.1, -0.05) is 15.9 Å². The highest BCUT2D eigenvalue weighted by atomic mass is 79.9. The molecule has 0 saturated heterocycles. The molecule has 0 fully saturated rings. The van der Waals surface area contributed by atoms with Gasteiger partial charge in [0.2, 0.25) is 0 Å². The number of benzene rings is 1. The van der Waals surface area contributed by atoms with Crippen LogP contribution in [0.5, 0.6) is 5.75 Å². The van der Waals surface area contributed by atoms with Crippen LogP contribution in [0.15, 0.2) is 39.4 Å². The lowest BCUT2D eigenvalue weighted by Gasteiger charge is -2.20. The number of hydrogen-bond acceptors (Lipinski definition) is 3. The number of furan rings is 1. The van der Waals surface area contributed by atoms with Crippen molar-refractivity contribution in [2.75, 3.05) is 13.7 Å². The van der Waals surface area contributed by atoms with E-state index >= 15 is 0 Å². The van der Waals surface area contributed by atoms with Crippen LogP contribution in [-0.4, -0.2) is 13.7 Å². The summed E-state index contributed by atoms with van der Waals surface area (Å²) in [6, 6.07) is 8.11. The fourth-order valence-corrected chi connectivity index (χ4v) is 2.58. The first-order chi connectivity index (χ1) is 9.17. The summed E-state index contributed by atoms with van der Waals surface area (Å²) in [6.45, 7) is 4.61. The van der Waals surface area contributed by atoms with Crippen molar-refractivity contribution in [1.82, 2.24) is 5.32 Å². The Bertz CT molecular complexity index is 551. The molecule has 0 aliphatic carbocycles. The standard InChI is InChI=1S/C15H18BrNO2/c1-4-18-14-6-5-11(16)9-13(14)15(17-3)12-7-8-19-10(12)2/h5-9,15,17H,4H2,1-3H3. The second kappa shape index (κ2) is 6.26. The molecule has 1 N–H and O–H groups in total. The van der Waals surface area contributed by atoms with E-state index in [1.165, 1.54) is 0 Å². The molecule has 2 aromatic rings. The molecule has 0 bridgehead atoms. The van der Waals surface area contributed by atoms with Gasteiger partial charge in [0.15, 0.2) is 0 Å². The highest BCUT2D eigenvalue weighted by molar-refractivity contribution is 9.10. The summed E-state index contributed by atoms with van der Waals surface area (Å²) in [5.74, 6) is 1.81. The summed E-state index contributed by atoms with van der Waals surface area (Å²) in [5.41, 5.74) is 2.23. The molecule has 0 aliphatic rings. The smallest absolute Gasteiger partial charge is 0.124 e. The highest BCUT2D eigenvalue weighted by Crippen LogP contribution is 2.34. The van der Waals surface area contributed by atoms with E-state index < -0.39 is 0 Å². The number of hydrogen-bond donors (Lipinski definition) is 1. The minimum absolute atomic E-state index is 0.0535. The third-order valence-electron chi connectivity index (χ3n) is 3.08. The number of aryl methyl sites for hydroxylation is 1. The first-order valence-corrected chi connectivity index (χ1v) is 7.10. The van der Waals surface area contributed by atoms with Crippen molar-refractivity contribution in [1.29, 1.82) is 0 Å². The Morgan fingerprint density at radius 2 is 2.11 bits per heavy atom. The summed E-state index contributed by atoms with van der Waals surface area (Å²) in [5, 5.41) is 3.33. The zero-order valence-corrected chi connectivity index (χ0v) is 13.0. The van der Waals surface area contributed by atoms with Crippen molar-refractivity contribution >= 4 is 15.9 Å². The predicted octanol–water partition coefficient (Wildman–Crippen LogP) is 4.06. The van der Waals surface area contributed by atoms with Gasteiger partial charge in [-0.3, -0.25) is 0 Å². The van der Waals surface area contributed by atoms with E-state index in [0.29, 0.717) is 6.61 Å². The van der Waals surface area contributed by atoms with Gasteiger partial charge in [-0.05, 0) is 45.2 Å². The van der Waals surface area contributed by atoms with E-state index in [9.17, 15) is 0 Å². The van der Waals surface area contributed by atoms with Gasteiger partial charge in [0, 0.05) is 15.6 Å². The summed E-state index contributed by atoms with van der Waals surface area (Å²) in [6.07, 6.45) is 1.72. The molecule has 2 rings (SSSR count). The quantitative estimate of drug-likeness (QED) is 0.901. The fourth-order valence-electron chi connectivity index (χ4n) is 2.20. The van der Waals surface area contributed by atoms with Crippen LogP contribution in [0.2, 0.25) is 0 Å². The van der Waals surface area contributed by atoms with Gasteiger partial charge in [-0.2, -0.15) is 0 Å². The lowest BCUT2D eigenvalue weighted by molar-refractivity contribution is 0.334. The molecule has 102 valence electrons. The van der Waals surface area contributed by atoms with E-state index in [0.717, 1.165) is 27.1 Å². The van der Waals surface area contributed by atoms with Gasteiger partial charge in [0.25, 0.3) is 0 Å². The largest absolute Gasteiger partial charge is 0.494 e. The summed E-state index contributed by atoms with van der Waals surface area (Å²) < 4.78 is 12.2. The number of halogens is 1. The van der Waals surface area contributed by atoms with Crippen LogP contribution in [0, 0.1) is 6.92 Å². The summed E-state index contributed by atoms with van der Waals surface area (Å²) in [7, 11) is 1.94. The maximum Gasteiger partial charge on any atom is 0.124 e. The van der Waals surface area contributed by atoms with Crippen molar-refractivity contribution < 1.29 is 9.15 Å². The first-order valence-electron chi connectivity index (χ1n) is 6.30. The van der Waals surface area contributed by atoms with Crippen LogP contribution in [0.25, 0.3) is 0 Å². The van der Waals surface area contributed by atoms with Gasteiger partial charge in [-0.25, -0.2) is 0 Å². The van der Waals surface area contributed by atoms with Gasteiger partial charge >= 0.3 is 0 Å². The fraction of sp³-hybridized carbons (Fsp3) is 0.333. The van der Waals surface area contributed by atoms with Crippen molar-refractivity contribution in [2.24, 2.45) is 0 Å². The van der Waals surface area contributed by atoms with Crippen LogP contribution in [0.4, 0.5) is 0 Å². The van der Waals surface area contributed by atoms with Crippen LogP contribution in [0.3, 0.4) is 0 Å². The van der Waals surface area contributed by atoms with E-state index in [2.05, 4.69) is 27.3 Å². The molecule has 0 amide bonds. The number of nitrogens with one attached hydrogen (secondary N) is 1. The Labute approximate surface area is 122 Å². The molecule has 4 heteroatoms. The molecule has 1 aromatic carbocycles. The first kappa shape index (κ1) is 14.2. The topological polar surface area (TPSA) is 34.4 Å². The minimum atomic E-state index is 0.0535. The number of rotatable bonds is 5. The minimum Gasteiger partial charge on any atom is -0.494 e. The van der Waals surface area contributed by atoms with Crippen molar-refractivity contribution in [2.45, 2.75) is 19.9 Å². The average Bonchev–Trinajstić information content (AvgIpc) is 2.80. The van der Waals surface area contributed by atoms with Crippen molar-refractivity contribution in [3.8, 4) is 5.75 Å². The zero-order chi connectivity index (χ0) is 13.8. The Morgan fingerprint density at radius 3 is 2.68 bits per heavy atom. The normalized spacial score (nSPS) is 12.4. The average molecular weight is 324 g/mol. The molecule has 0 radical (unpaired) electrons. The lowest BCUT2D eigenvalue weighted by atomic mass is 9.98. The molecule has 3 nitrogen and oxygen atoms in total. The molecule has 1 unspecified atom stereocenters. The molecule has 0 saturated carbocycles. The van der Waals surface area contributed by atoms with E-state index in [4.69, 9.17) is 9.15 Å². The molecule has 19 heavy (non-hydrogen) atoms. The maximum atomic E-state index is 5.72. The molecule has 1 heterocycles. The zero-order valence-electron chi connectivity index (χ0n) is 11.4. The van der Waals surface area contributed by atoms with E-state index in [1.54, 1.807) is 6.26 Å². The third kappa shape index (κ3) is 3.01.